The Morgan fingerprint density at radius 1 is 1.42 bits per heavy atom. The number of fused-ring (bicyclic) bond motifs is 2. The maximum absolute atomic E-state index is 10.8. The zero-order valence-electron chi connectivity index (χ0n) is 10.7. The second-order valence-corrected chi connectivity index (χ2v) is 7.16. The van der Waals surface area contributed by atoms with E-state index >= 15 is 0 Å². The second kappa shape index (κ2) is 5.43. The van der Waals surface area contributed by atoms with Crippen molar-refractivity contribution in [2.24, 2.45) is 5.92 Å². The Morgan fingerprint density at radius 3 is 2.63 bits per heavy atom. The molecule has 104 valence electrons. The van der Waals surface area contributed by atoms with E-state index in [9.17, 15) is 4.79 Å². The van der Waals surface area contributed by atoms with Crippen LogP contribution in [0.25, 0.3) is 0 Å². The number of carboxylic acid groups (broad SMARTS) is 1. The lowest BCUT2D eigenvalue weighted by Gasteiger charge is -2.38. The number of hydrogen-bond donors (Lipinski definition) is 1. The van der Waals surface area contributed by atoms with Crippen molar-refractivity contribution < 1.29 is 9.90 Å². The van der Waals surface area contributed by atoms with Crippen molar-refractivity contribution >= 4 is 28.9 Å². The van der Waals surface area contributed by atoms with Gasteiger partial charge in [0.05, 0.1) is 5.02 Å². The van der Waals surface area contributed by atoms with Crippen LogP contribution in [-0.4, -0.2) is 28.1 Å². The molecule has 1 aromatic heterocycles. The summed E-state index contributed by atoms with van der Waals surface area (Å²) < 4.78 is 0. The maximum Gasteiger partial charge on any atom is 0.303 e. The van der Waals surface area contributed by atoms with Crippen molar-refractivity contribution in [1.29, 1.82) is 0 Å². The first-order chi connectivity index (χ1) is 9.11. The molecule has 0 amide bonds. The molecule has 2 unspecified atom stereocenters. The third-order valence-electron chi connectivity index (χ3n) is 4.41. The predicted molar refractivity (Wildman–Crippen MR) is 76.7 cm³/mol. The molecule has 1 aromatic rings. The van der Waals surface area contributed by atoms with Crippen molar-refractivity contribution in [2.75, 3.05) is 0 Å². The molecule has 5 heteroatoms. The number of thiophene rings is 1. The molecule has 0 aliphatic carbocycles. The van der Waals surface area contributed by atoms with E-state index in [1.54, 1.807) is 11.3 Å². The van der Waals surface area contributed by atoms with Gasteiger partial charge in [0.15, 0.2) is 0 Å². The highest BCUT2D eigenvalue weighted by molar-refractivity contribution is 7.10. The number of aliphatic carboxylic acids is 1. The number of halogens is 1. The molecule has 0 saturated carbocycles. The van der Waals surface area contributed by atoms with Crippen molar-refractivity contribution in [3.63, 3.8) is 0 Å². The van der Waals surface area contributed by atoms with Crippen LogP contribution >= 0.6 is 22.9 Å². The van der Waals surface area contributed by atoms with Crippen molar-refractivity contribution in [3.05, 3.63) is 21.3 Å². The SMILES string of the molecule is O=C(O)CC1CC2CCC(C1)N2Cc1cc(Cl)cs1. The summed E-state index contributed by atoms with van der Waals surface area (Å²) in [6, 6.07) is 3.20. The third kappa shape index (κ3) is 2.96. The third-order valence-corrected chi connectivity index (χ3v) is 5.67. The summed E-state index contributed by atoms with van der Waals surface area (Å²) in [5.74, 6) is -0.277. The molecule has 3 nitrogen and oxygen atoms in total. The highest BCUT2D eigenvalue weighted by atomic mass is 35.5. The van der Waals surface area contributed by atoms with Gasteiger partial charge in [-0.05, 0) is 37.7 Å². The lowest BCUT2D eigenvalue weighted by molar-refractivity contribution is -0.138. The number of hydrogen-bond acceptors (Lipinski definition) is 3. The summed E-state index contributed by atoms with van der Waals surface area (Å²) in [6.07, 6.45) is 4.87. The van der Waals surface area contributed by atoms with E-state index in [4.69, 9.17) is 16.7 Å². The maximum atomic E-state index is 10.8. The Bertz CT molecular complexity index is 462. The molecule has 1 N–H and O–H groups in total. The molecule has 3 rings (SSSR count). The fraction of sp³-hybridized carbons (Fsp3) is 0.643. The molecule has 0 aromatic carbocycles. The van der Waals surface area contributed by atoms with Crippen LogP contribution in [0.5, 0.6) is 0 Å². The van der Waals surface area contributed by atoms with Crippen LogP contribution in [0.2, 0.25) is 5.02 Å². The van der Waals surface area contributed by atoms with Crippen LogP contribution in [0.15, 0.2) is 11.4 Å². The van der Waals surface area contributed by atoms with Crippen LogP contribution < -0.4 is 0 Å². The smallest absolute Gasteiger partial charge is 0.303 e. The summed E-state index contributed by atoms with van der Waals surface area (Å²) in [4.78, 5) is 14.7. The molecule has 2 fully saturated rings. The van der Waals surface area contributed by atoms with Gasteiger partial charge >= 0.3 is 5.97 Å². The van der Waals surface area contributed by atoms with E-state index in [1.165, 1.54) is 17.7 Å². The number of nitrogens with zero attached hydrogens (tertiary/aromatic N) is 1. The van der Waals surface area contributed by atoms with E-state index in [-0.39, 0.29) is 0 Å². The topological polar surface area (TPSA) is 40.5 Å². The molecule has 19 heavy (non-hydrogen) atoms. The largest absolute Gasteiger partial charge is 0.481 e. The Morgan fingerprint density at radius 2 is 2.11 bits per heavy atom. The van der Waals surface area contributed by atoms with Gasteiger partial charge < -0.3 is 5.11 Å². The lowest BCUT2D eigenvalue weighted by Crippen LogP contribution is -2.42. The van der Waals surface area contributed by atoms with Gasteiger partial charge in [0.2, 0.25) is 0 Å². The van der Waals surface area contributed by atoms with Crippen molar-refractivity contribution in [3.8, 4) is 0 Å². The van der Waals surface area contributed by atoms with Crippen molar-refractivity contribution in [2.45, 2.75) is 50.7 Å². The van der Waals surface area contributed by atoms with E-state index in [1.807, 2.05) is 5.38 Å². The van der Waals surface area contributed by atoms with E-state index in [0.717, 1.165) is 24.4 Å². The van der Waals surface area contributed by atoms with E-state index < -0.39 is 5.97 Å². The normalized spacial score (nSPS) is 30.7. The summed E-state index contributed by atoms with van der Waals surface area (Å²) in [7, 11) is 0. The number of rotatable bonds is 4. The molecule has 2 saturated heterocycles. The number of carboxylic acids is 1. The fourth-order valence-corrected chi connectivity index (χ4v) is 4.76. The standard InChI is InChI=1S/C14H18ClNO2S/c15-10-6-13(19-8-10)7-16-11-1-2-12(16)4-9(3-11)5-14(17)18/h6,8-9,11-12H,1-5,7H2,(H,17,18). The summed E-state index contributed by atoms with van der Waals surface area (Å²) in [6.45, 7) is 0.979. The van der Waals surface area contributed by atoms with Gasteiger partial charge in [0.25, 0.3) is 0 Å². The lowest BCUT2D eigenvalue weighted by atomic mass is 9.88. The van der Waals surface area contributed by atoms with Crippen LogP contribution in [-0.2, 0) is 11.3 Å². The van der Waals surface area contributed by atoms with Crippen molar-refractivity contribution in [1.82, 2.24) is 4.90 Å². The van der Waals surface area contributed by atoms with Crippen LogP contribution in [0.3, 0.4) is 0 Å². The average molecular weight is 300 g/mol. The van der Waals surface area contributed by atoms with Gasteiger partial charge in [-0.1, -0.05) is 11.6 Å². The average Bonchev–Trinajstić information content (AvgIpc) is 2.82. The van der Waals surface area contributed by atoms with E-state index in [0.29, 0.717) is 24.4 Å². The second-order valence-electron chi connectivity index (χ2n) is 5.72. The van der Waals surface area contributed by atoms with Gasteiger partial charge in [0, 0.05) is 35.3 Å². The first-order valence-electron chi connectivity index (χ1n) is 6.82. The molecule has 3 heterocycles. The monoisotopic (exact) mass is 299 g/mol. The summed E-state index contributed by atoms with van der Waals surface area (Å²) >= 11 is 7.69. The molecule has 2 aliphatic heterocycles. The minimum absolute atomic E-state index is 0.339. The zero-order valence-corrected chi connectivity index (χ0v) is 12.3. The molecule has 2 bridgehead atoms. The minimum atomic E-state index is -0.650. The van der Waals surface area contributed by atoms with Crippen LogP contribution in [0.1, 0.15) is 37.0 Å². The molecule has 0 radical (unpaired) electrons. The Hall–Kier alpha value is -0.580. The highest BCUT2D eigenvalue weighted by Gasteiger charge is 2.40. The van der Waals surface area contributed by atoms with Gasteiger partial charge in [0.1, 0.15) is 0 Å². The Kier molecular flexibility index (Phi) is 3.83. The molecule has 2 atom stereocenters. The molecular weight excluding hydrogens is 282 g/mol. The summed E-state index contributed by atoms with van der Waals surface area (Å²) in [5, 5.41) is 11.7. The quantitative estimate of drug-likeness (QED) is 0.923. The Labute approximate surface area is 122 Å². The number of carbonyl (C=O) groups is 1. The zero-order chi connectivity index (χ0) is 13.4. The van der Waals surface area contributed by atoms with Gasteiger partial charge in [-0.3, -0.25) is 9.69 Å². The first-order valence-corrected chi connectivity index (χ1v) is 8.08. The fourth-order valence-electron chi connectivity index (χ4n) is 3.68. The Balaban J connectivity index is 1.64. The molecule has 0 spiro atoms. The predicted octanol–water partition coefficient (Wildman–Crippen LogP) is 3.62. The minimum Gasteiger partial charge on any atom is -0.481 e. The van der Waals surface area contributed by atoms with Gasteiger partial charge in [-0.25, -0.2) is 0 Å². The van der Waals surface area contributed by atoms with Crippen LogP contribution in [0.4, 0.5) is 0 Å². The van der Waals surface area contributed by atoms with Gasteiger partial charge in [-0.2, -0.15) is 0 Å². The van der Waals surface area contributed by atoms with E-state index in [2.05, 4.69) is 11.0 Å². The molecular formula is C14H18ClNO2S. The van der Waals surface area contributed by atoms with Gasteiger partial charge in [-0.15, -0.1) is 11.3 Å². The molecule has 2 aliphatic rings. The van der Waals surface area contributed by atoms with Crippen LogP contribution in [0, 0.1) is 5.92 Å². The first kappa shape index (κ1) is 13.4. The number of piperidine rings is 1. The summed E-state index contributed by atoms with van der Waals surface area (Å²) in [5.41, 5.74) is 0. The highest BCUT2D eigenvalue weighted by Crippen LogP contribution is 2.41.